The highest BCUT2D eigenvalue weighted by atomic mass is 32.1. The van der Waals surface area contributed by atoms with Crippen LogP contribution in [0.1, 0.15) is 53.6 Å². The Morgan fingerprint density at radius 2 is 2.27 bits per heavy atom. The minimum atomic E-state index is 0.233. The van der Waals surface area contributed by atoms with Gasteiger partial charge in [-0.15, -0.1) is 11.3 Å². The van der Waals surface area contributed by atoms with Crippen LogP contribution in [0.15, 0.2) is 0 Å². The van der Waals surface area contributed by atoms with E-state index in [1.807, 2.05) is 11.3 Å². The number of hydrogen-bond donors (Lipinski definition) is 1. The normalized spacial score (nSPS) is 29.1. The molecule has 0 aromatic carbocycles. The van der Waals surface area contributed by atoms with Gasteiger partial charge >= 0.3 is 0 Å². The fraction of sp³-hybridized carbons (Fsp3) is 0.765. The molecule has 1 aromatic rings. The van der Waals surface area contributed by atoms with Crippen LogP contribution in [0.3, 0.4) is 0 Å². The van der Waals surface area contributed by atoms with Crippen LogP contribution >= 0.6 is 11.3 Å². The fourth-order valence-electron chi connectivity index (χ4n) is 4.22. The average molecular weight is 320 g/mol. The number of aromatic nitrogens is 1. The van der Waals surface area contributed by atoms with E-state index in [1.165, 1.54) is 17.0 Å². The minimum absolute atomic E-state index is 0.233. The lowest BCUT2D eigenvalue weighted by Gasteiger charge is -2.24. The quantitative estimate of drug-likeness (QED) is 0.932. The molecule has 3 aliphatic rings. The molecule has 2 atom stereocenters. The monoisotopic (exact) mass is 320 g/mol. The summed E-state index contributed by atoms with van der Waals surface area (Å²) in [6, 6.07) is 0. The zero-order chi connectivity index (χ0) is 15.2. The van der Waals surface area contributed by atoms with Crippen LogP contribution in [0.25, 0.3) is 0 Å². The third kappa shape index (κ3) is 2.58. The van der Waals surface area contributed by atoms with Gasteiger partial charge in [-0.1, -0.05) is 0 Å². The number of carbonyl (C=O) groups excluding carboxylic acids is 1. The van der Waals surface area contributed by atoms with Crippen molar-refractivity contribution in [2.75, 3.05) is 19.8 Å². The summed E-state index contributed by atoms with van der Waals surface area (Å²) in [4.78, 5) is 18.6. The average Bonchev–Trinajstić information content (AvgIpc) is 3.05. The Kier molecular flexibility index (Phi) is 3.73. The molecule has 1 spiro atoms. The number of carbonyl (C=O) groups is 1. The standard InChI is InChI=1S/C17H24N2O2S/c1-11-19-15-12(3-2-4-14(15)22-11)10-18-16(20)13-9-17(13)5-7-21-8-6-17/h12-13H,2-10H2,1H3,(H,18,20)/t12-,13+/m1/s1. The number of amides is 1. The largest absolute Gasteiger partial charge is 0.381 e. The van der Waals surface area contributed by atoms with E-state index in [9.17, 15) is 4.79 Å². The number of hydrogen-bond acceptors (Lipinski definition) is 4. The summed E-state index contributed by atoms with van der Waals surface area (Å²) < 4.78 is 5.43. The SMILES string of the molecule is Cc1nc2c(s1)CCC[C@@H]2CNC(=O)[C@@H]1CC12CCOCC2. The molecule has 5 heteroatoms. The van der Waals surface area contributed by atoms with E-state index in [2.05, 4.69) is 12.2 Å². The Balaban J connectivity index is 1.35. The summed E-state index contributed by atoms with van der Waals surface area (Å²) in [5, 5.41) is 4.38. The Bertz CT molecular complexity index is 577. The first-order valence-electron chi connectivity index (χ1n) is 8.50. The highest BCUT2D eigenvalue weighted by Gasteiger charge is 2.57. The Hall–Kier alpha value is -0.940. The van der Waals surface area contributed by atoms with Gasteiger partial charge in [-0.3, -0.25) is 4.79 Å². The van der Waals surface area contributed by atoms with Gasteiger partial charge in [-0.25, -0.2) is 4.98 Å². The molecule has 22 heavy (non-hydrogen) atoms. The summed E-state index contributed by atoms with van der Waals surface area (Å²) in [5.74, 6) is 0.916. The first kappa shape index (κ1) is 14.6. The summed E-state index contributed by atoms with van der Waals surface area (Å²) in [6.07, 6.45) is 6.72. The number of nitrogens with one attached hydrogen (secondary N) is 1. The van der Waals surface area contributed by atoms with E-state index in [4.69, 9.17) is 9.72 Å². The van der Waals surface area contributed by atoms with Gasteiger partial charge in [0.15, 0.2) is 0 Å². The van der Waals surface area contributed by atoms with Gasteiger partial charge in [-0.05, 0) is 50.9 Å². The van der Waals surface area contributed by atoms with Crippen molar-refractivity contribution in [2.24, 2.45) is 11.3 Å². The molecule has 1 N–H and O–H groups in total. The molecular formula is C17H24N2O2S. The molecule has 1 amide bonds. The molecule has 2 fully saturated rings. The molecule has 2 aliphatic carbocycles. The lowest BCUT2D eigenvalue weighted by Crippen LogP contribution is -2.33. The van der Waals surface area contributed by atoms with Crippen LogP contribution in [-0.2, 0) is 16.0 Å². The molecule has 1 saturated carbocycles. The topological polar surface area (TPSA) is 51.2 Å². The Labute approximate surface area is 135 Å². The zero-order valence-corrected chi connectivity index (χ0v) is 14.0. The van der Waals surface area contributed by atoms with Gasteiger partial charge in [0.25, 0.3) is 0 Å². The predicted molar refractivity (Wildman–Crippen MR) is 86.1 cm³/mol. The second-order valence-electron chi connectivity index (χ2n) is 7.11. The second kappa shape index (κ2) is 5.60. The third-order valence-corrected chi connectivity index (χ3v) is 6.74. The first-order valence-corrected chi connectivity index (χ1v) is 9.31. The molecule has 0 radical (unpaired) electrons. The molecule has 4 nitrogen and oxygen atoms in total. The van der Waals surface area contributed by atoms with E-state index < -0.39 is 0 Å². The van der Waals surface area contributed by atoms with Crippen molar-refractivity contribution in [3.05, 3.63) is 15.6 Å². The second-order valence-corrected chi connectivity index (χ2v) is 8.39. The van der Waals surface area contributed by atoms with Crippen LogP contribution in [0.2, 0.25) is 0 Å². The van der Waals surface area contributed by atoms with E-state index in [0.717, 1.165) is 56.9 Å². The van der Waals surface area contributed by atoms with Crippen LogP contribution in [0.5, 0.6) is 0 Å². The highest BCUT2D eigenvalue weighted by Crippen LogP contribution is 2.59. The van der Waals surface area contributed by atoms with E-state index >= 15 is 0 Å². The van der Waals surface area contributed by atoms with Gasteiger partial charge in [0.2, 0.25) is 5.91 Å². The number of fused-ring (bicyclic) bond motifs is 1. The Morgan fingerprint density at radius 1 is 1.45 bits per heavy atom. The smallest absolute Gasteiger partial charge is 0.223 e. The third-order valence-electron chi connectivity index (χ3n) is 5.70. The van der Waals surface area contributed by atoms with Crippen LogP contribution < -0.4 is 5.32 Å². The van der Waals surface area contributed by atoms with Gasteiger partial charge in [-0.2, -0.15) is 0 Å². The lowest BCUT2D eigenvalue weighted by atomic mass is 9.90. The van der Waals surface area contributed by atoms with Gasteiger partial charge in [0, 0.05) is 36.5 Å². The summed E-state index contributed by atoms with van der Waals surface area (Å²) in [6.45, 7) is 4.50. The van der Waals surface area contributed by atoms with Crippen molar-refractivity contribution >= 4 is 17.2 Å². The number of aryl methyl sites for hydroxylation is 2. The number of rotatable bonds is 3. The number of nitrogens with zero attached hydrogens (tertiary/aromatic N) is 1. The molecule has 1 aliphatic heterocycles. The minimum Gasteiger partial charge on any atom is -0.381 e. The van der Waals surface area contributed by atoms with Crippen LogP contribution in [0.4, 0.5) is 0 Å². The zero-order valence-electron chi connectivity index (χ0n) is 13.2. The van der Waals surface area contributed by atoms with E-state index in [0.29, 0.717) is 5.92 Å². The maximum Gasteiger partial charge on any atom is 0.223 e. The first-order chi connectivity index (χ1) is 10.7. The molecule has 2 heterocycles. The van der Waals surface area contributed by atoms with Crippen LogP contribution in [-0.4, -0.2) is 30.6 Å². The van der Waals surface area contributed by atoms with Crippen molar-refractivity contribution in [2.45, 2.75) is 51.4 Å². The van der Waals surface area contributed by atoms with E-state index in [-0.39, 0.29) is 17.2 Å². The highest BCUT2D eigenvalue weighted by molar-refractivity contribution is 7.11. The Morgan fingerprint density at radius 3 is 3.09 bits per heavy atom. The molecule has 4 rings (SSSR count). The summed E-state index contributed by atoms with van der Waals surface area (Å²) >= 11 is 1.83. The fourth-order valence-corrected chi connectivity index (χ4v) is 5.29. The molecule has 0 bridgehead atoms. The van der Waals surface area contributed by atoms with Crippen molar-refractivity contribution < 1.29 is 9.53 Å². The lowest BCUT2D eigenvalue weighted by molar-refractivity contribution is -0.123. The van der Waals surface area contributed by atoms with Crippen LogP contribution in [0, 0.1) is 18.3 Å². The van der Waals surface area contributed by atoms with Crippen molar-refractivity contribution in [1.29, 1.82) is 0 Å². The van der Waals surface area contributed by atoms with Gasteiger partial charge < -0.3 is 10.1 Å². The number of thiazole rings is 1. The molecule has 1 aromatic heterocycles. The molecule has 120 valence electrons. The maximum absolute atomic E-state index is 12.5. The molecule has 0 unspecified atom stereocenters. The van der Waals surface area contributed by atoms with Crippen molar-refractivity contribution in [3.63, 3.8) is 0 Å². The predicted octanol–water partition coefficient (Wildman–Crippen LogP) is 2.80. The summed E-state index contributed by atoms with van der Waals surface area (Å²) in [5.41, 5.74) is 1.53. The molecule has 1 saturated heterocycles. The van der Waals surface area contributed by atoms with Gasteiger partial charge in [0.1, 0.15) is 0 Å². The molecular weight excluding hydrogens is 296 g/mol. The number of ether oxygens (including phenoxy) is 1. The van der Waals surface area contributed by atoms with Crippen molar-refractivity contribution in [3.8, 4) is 0 Å². The van der Waals surface area contributed by atoms with E-state index in [1.54, 1.807) is 0 Å². The van der Waals surface area contributed by atoms with Crippen molar-refractivity contribution in [1.82, 2.24) is 10.3 Å². The maximum atomic E-state index is 12.5. The van der Waals surface area contributed by atoms with Gasteiger partial charge in [0.05, 0.1) is 10.7 Å². The summed E-state index contributed by atoms with van der Waals surface area (Å²) in [7, 11) is 0.